The van der Waals surface area contributed by atoms with Crippen LogP contribution >= 0.6 is 22.9 Å². The van der Waals surface area contributed by atoms with Gasteiger partial charge < -0.3 is 4.90 Å². The molecule has 0 aliphatic carbocycles. The van der Waals surface area contributed by atoms with E-state index in [-0.39, 0.29) is 0 Å². The van der Waals surface area contributed by atoms with Crippen LogP contribution in [0.2, 0.25) is 5.02 Å². The number of rotatable bonds is 3. The molecule has 0 amide bonds. The molecule has 0 spiro atoms. The van der Waals surface area contributed by atoms with Crippen molar-refractivity contribution >= 4 is 33.0 Å². The molecule has 1 aromatic carbocycles. The minimum atomic E-state index is 0.635. The first kappa shape index (κ1) is 15.4. The first-order valence-corrected chi connectivity index (χ1v) is 9.72. The monoisotopic (exact) mass is 371 g/mol. The fraction of sp³-hybridized carbons (Fsp3) is 0.333. The number of hydrogen-bond acceptors (Lipinski definition) is 5. The molecule has 128 valence electrons. The predicted molar refractivity (Wildman–Crippen MR) is 103 cm³/mol. The van der Waals surface area contributed by atoms with E-state index in [1.54, 1.807) is 11.3 Å². The van der Waals surface area contributed by atoms with Gasteiger partial charge in [0.25, 0.3) is 0 Å². The lowest BCUT2D eigenvalue weighted by molar-refractivity contribution is 0.271. The van der Waals surface area contributed by atoms with Crippen LogP contribution in [0.25, 0.3) is 16.2 Å². The van der Waals surface area contributed by atoms with Crippen molar-refractivity contribution in [1.29, 1.82) is 0 Å². The van der Waals surface area contributed by atoms with Crippen molar-refractivity contribution in [3.05, 3.63) is 47.6 Å². The molecule has 1 fully saturated rings. The van der Waals surface area contributed by atoms with E-state index in [1.807, 2.05) is 35.0 Å². The van der Waals surface area contributed by atoms with Crippen molar-refractivity contribution in [2.24, 2.45) is 0 Å². The summed E-state index contributed by atoms with van der Waals surface area (Å²) >= 11 is 7.62. The number of anilines is 1. The van der Waals surface area contributed by atoms with Gasteiger partial charge in [-0.3, -0.25) is 4.90 Å². The van der Waals surface area contributed by atoms with Crippen LogP contribution < -0.4 is 4.90 Å². The summed E-state index contributed by atoms with van der Waals surface area (Å²) in [6.45, 7) is 4.30. The SMILES string of the molecule is Clc1ccc(-c2cn3nc(N4CCC(N5CC=CC5)C4)sc3n2)cc1. The molecule has 0 saturated carbocycles. The van der Waals surface area contributed by atoms with E-state index in [2.05, 4.69) is 22.0 Å². The predicted octanol–water partition coefficient (Wildman–Crippen LogP) is 3.56. The van der Waals surface area contributed by atoms with E-state index in [0.29, 0.717) is 6.04 Å². The molecule has 0 bridgehead atoms. The summed E-state index contributed by atoms with van der Waals surface area (Å²) < 4.78 is 1.90. The molecular weight excluding hydrogens is 354 g/mol. The standard InChI is InChI=1S/C18H18ClN5S/c19-14-5-3-13(4-6-14)16-12-24-17(20-16)25-18(21-24)23-10-7-15(11-23)22-8-1-2-9-22/h1-6,12,15H,7-11H2. The Morgan fingerprint density at radius 3 is 2.68 bits per heavy atom. The highest BCUT2D eigenvalue weighted by Gasteiger charge is 2.29. The van der Waals surface area contributed by atoms with Gasteiger partial charge in [-0.15, -0.1) is 5.10 Å². The second-order valence-corrected chi connectivity index (χ2v) is 7.93. The Kier molecular flexibility index (Phi) is 3.77. The van der Waals surface area contributed by atoms with Crippen molar-refractivity contribution in [3.63, 3.8) is 0 Å². The molecule has 1 saturated heterocycles. The molecule has 7 heteroatoms. The lowest BCUT2D eigenvalue weighted by atomic mass is 10.2. The van der Waals surface area contributed by atoms with Crippen molar-refractivity contribution in [1.82, 2.24) is 19.5 Å². The molecule has 5 nitrogen and oxygen atoms in total. The summed E-state index contributed by atoms with van der Waals surface area (Å²) in [7, 11) is 0. The number of halogens is 1. The maximum Gasteiger partial charge on any atom is 0.214 e. The second-order valence-electron chi connectivity index (χ2n) is 6.56. The summed E-state index contributed by atoms with van der Waals surface area (Å²) in [6, 6.07) is 8.40. The smallest absolute Gasteiger partial charge is 0.214 e. The van der Waals surface area contributed by atoms with Crippen molar-refractivity contribution in [2.45, 2.75) is 12.5 Å². The Morgan fingerprint density at radius 2 is 1.92 bits per heavy atom. The Bertz CT molecular complexity index is 889. The normalized spacial score (nSPS) is 21.0. The van der Waals surface area contributed by atoms with E-state index >= 15 is 0 Å². The summed E-state index contributed by atoms with van der Waals surface area (Å²) in [5, 5.41) is 6.57. The van der Waals surface area contributed by atoms with Gasteiger partial charge in [-0.05, 0) is 18.6 Å². The van der Waals surface area contributed by atoms with Crippen LogP contribution in [0.5, 0.6) is 0 Å². The highest BCUT2D eigenvalue weighted by Crippen LogP contribution is 2.30. The van der Waals surface area contributed by atoms with Gasteiger partial charge in [0.2, 0.25) is 10.1 Å². The molecule has 0 N–H and O–H groups in total. The van der Waals surface area contributed by atoms with Gasteiger partial charge in [-0.2, -0.15) is 0 Å². The number of aromatic nitrogens is 3. The Balaban J connectivity index is 1.35. The van der Waals surface area contributed by atoms with Gasteiger partial charge in [0.05, 0.1) is 11.9 Å². The quantitative estimate of drug-likeness (QED) is 0.659. The zero-order valence-electron chi connectivity index (χ0n) is 13.7. The first-order chi connectivity index (χ1) is 12.3. The highest BCUT2D eigenvalue weighted by atomic mass is 35.5. The summed E-state index contributed by atoms with van der Waals surface area (Å²) in [5.41, 5.74) is 2.00. The third-order valence-corrected chi connectivity index (χ3v) is 6.20. The largest absolute Gasteiger partial charge is 0.345 e. The topological polar surface area (TPSA) is 36.7 Å². The molecule has 4 heterocycles. The molecule has 1 atom stereocenters. The molecule has 5 rings (SSSR count). The number of fused-ring (bicyclic) bond motifs is 1. The van der Waals surface area contributed by atoms with E-state index in [4.69, 9.17) is 21.7 Å². The molecule has 2 aromatic heterocycles. The second kappa shape index (κ2) is 6.12. The van der Waals surface area contributed by atoms with Crippen LogP contribution in [0, 0.1) is 0 Å². The van der Waals surface area contributed by atoms with Crippen molar-refractivity contribution in [3.8, 4) is 11.3 Å². The highest BCUT2D eigenvalue weighted by molar-refractivity contribution is 7.20. The molecule has 0 radical (unpaired) electrons. The lowest BCUT2D eigenvalue weighted by Gasteiger charge is -2.23. The Hall–Kier alpha value is -1.89. The molecule has 3 aromatic rings. The number of imidazole rings is 1. The fourth-order valence-corrected chi connectivity index (χ4v) is 4.63. The van der Waals surface area contributed by atoms with Crippen LogP contribution in [0.4, 0.5) is 5.13 Å². The zero-order valence-corrected chi connectivity index (χ0v) is 15.2. The lowest BCUT2D eigenvalue weighted by Crippen LogP contribution is -2.35. The zero-order chi connectivity index (χ0) is 16.8. The van der Waals surface area contributed by atoms with Gasteiger partial charge in [-0.1, -0.05) is 47.2 Å². The van der Waals surface area contributed by atoms with Crippen LogP contribution in [-0.4, -0.2) is 51.7 Å². The van der Waals surface area contributed by atoms with Gasteiger partial charge in [0.15, 0.2) is 0 Å². The van der Waals surface area contributed by atoms with E-state index in [9.17, 15) is 0 Å². The van der Waals surface area contributed by atoms with E-state index < -0.39 is 0 Å². The van der Waals surface area contributed by atoms with Gasteiger partial charge in [0.1, 0.15) is 0 Å². The van der Waals surface area contributed by atoms with Gasteiger partial charge in [-0.25, -0.2) is 9.50 Å². The minimum absolute atomic E-state index is 0.635. The average Bonchev–Trinajstić information content (AvgIpc) is 3.36. The maximum absolute atomic E-state index is 5.96. The molecule has 1 unspecified atom stereocenters. The number of nitrogens with zero attached hydrogens (tertiary/aromatic N) is 5. The van der Waals surface area contributed by atoms with Crippen LogP contribution in [0.3, 0.4) is 0 Å². The maximum atomic E-state index is 5.96. The Morgan fingerprint density at radius 1 is 1.12 bits per heavy atom. The van der Waals surface area contributed by atoms with Crippen LogP contribution in [-0.2, 0) is 0 Å². The first-order valence-electron chi connectivity index (χ1n) is 8.52. The van der Waals surface area contributed by atoms with E-state index in [1.165, 1.54) is 6.42 Å². The molecular formula is C18H18ClN5S. The summed E-state index contributed by atoms with van der Waals surface area (Å²) in [4.78, 5) is 10.6. The van der Waals surface area contributed by atoms with Crippen molar-refractivity contribution in [2.75, 3.05) is 31.1 Å². The number of benzene rings is 1. The van der Waals surface area contributed by atoms with E-state index in [0.717, 1.165) is 52.6 Å². The average molecular weight is 372 g/mol. The van der Waals surface area contributed by atoms with Gasteiger partial charge in [0, 0.05) is 42.8 Å². The van der Waals surface area contributed by atoms with Crippen LogP contribution in [0.1, 0.15) is 6.42 Å². The summed E-state index contributed by atoms with van der Waals surface area (Å²) in [5.74, 6) is 0. The fourth-order valence-electron chi connectivity index (χ4n) is 3.58. The third kappa shape index (κ3) is 2.84. The third-order valence-electron chi connectivity index (χ3n) is 4.97. The summed E-state index contributed by atoms with van der Waals surface area (Å²) in [6.07, 6.45) is 7.73. The van der Waals surface area contributed by atoms with Crippen molar-refractivity contribution < 1.29 is 0 Å². The molecule has 2 aliphatic rings. The molecule has 2 aliphatic heterocycles. The van der Waals surface area contributed by atoms with Crippen LogP contribution in [0.15, 0.2) is 42.6 Å². The van der Waals surface area contributed by atoms with Gasteiger partial charge >= 0.3 is 0 Å². The Labute approximate surface area is 155 Å². The number of hydrogen-bond donors (Lipinski definition) is 0. The molecule has 25 heavy (non-hydrogen) atoms. The minimum Gasteiger partial charge on any atom is -0.345 e.